The molecule has 0 unspecified atom stereocenters. The highest BCUT2D eigenvalue weighted by atomic mass is 16.6. The fourth-order valence-corrected chi connectivity index (χ4v) is 1.41. The van der Waals surface area contributed by atoms with E-state index in [0.29, 0.717) is 6.61 Å². The number of esters is 3. The third-order valence-electron chi connectivity index (χ3n) is 2.93. The number of carbonyl (C=O) groups excluding carboxylic acids is 3. The third kappa shape index (κ3) is 11.0. The van der Waals surface area contributed by atoms with Gasteiger partial charge in [0.05, 0.1) is 6.61 Å². The molecule has 0 aromatic carbocycles. The van der Waals surface area contributed by atoms with Gasteiger partial charge in [0.15, 0.2) is 0 Å². The summed E-state index contributed by atoms with van der Waals surface area (Å²) >= 11 is 0. The smallest absolute Gasteiger partial charge is 0.305 e. The summed E-state index contributed by atoms with van der Waals surface area (Å²) in [5.74, 6) is 1.48. The Kier molecular flexibility index (Phi) is 14.1. The predicted octanol–water partition coefficient (Wildman–Crippen LogP) is 1.01. The van der Waals surface area contributed by atoms with Crippen molar-refractivity contribution in [1.82, 2.24) is 0 Å². The monoisotopic (exact) mass is 360 g/mol. The van der Waals surface area contributed by atoms with Crippen LogP contribution in [-0.4, -0.2) is 49.8 Å². The Morgan fingerprint density at radius 3 is 1.40 bits per heavy atom. The lowest BCUT2D eigenvalue weighted by atomic mass is 9.92. The molecule has 0 aliphatic carbocycles. The van der Waals surface area contributed by atoms with Gasteiger partial charge in [0.1, 0.15) is 31.3 Å². The summed E-state index contributed by atoms with van der Waals surface area (Å²) in [5, 5.41) is 0. The maximum absolute atomic E-state index is 11.5. The van der Waals surface area contributed by atoms with Crippen molar-refractivity contribution >= 4 is 17.9 Å². The molecule has 144 valence electrons. The molecule has 0 spiro atoms. The zero-order valence-electron chi connectivity index (χ0n) is 15.3. The molecule has 0 aliphatic heterocycles. The second-order valence-electron chi connectivity index (χ2n) is 4.98. The van der Waals surface area contributed by atoms with E-state index in [0.717, 1.165) is 0 Å². The minimum atomic E-state index is -1.17. The molecule has 0 atom stereocenters. The second kappa shape index (κ2) is 14.1. The maximum Gasteiger partial charge on any atom is 0.305 e. The van der Waals surface area contributed by atoms with E-state index in [1.165, 1.54) is 0 Å². The van der Waals surface area contributed by atoms with E-state index >= 15 is 0 Å². The maximum atomic E-state index is 11.5. The molecule has 0 bridgehead atoms. The van der Waals surface area contributed by atoms with E-state index in [1.807, 2.05) is 0 Å². The molecule has 0 saturated carbocycles. The Hall–Kier alpha value is -2.27. The van der Waals surface area contributed by atoms with Crippen molar-refractivity contribution in [3.8, 4) is 12.0 Å². The molecule has 8 nitrogen and oxygen atoms in total. The average molecular weight is 360 g/mol. The van der Waals surface area contributed by atoms with Crippen LogP contribution in [0.15, 0.2) is 0 Å². The molecule has 0 heterocycles. The summed E-state index contributed by atoms with van der Waals surface area (Å²) < 4.78 is 20.4. The minimum Gasteiger partial charge on any atom is -0.464 e. The van der Waals surface area contributed by atoms with Crippen LogP contribution < -0.4 is 0 Å². The first-order valence-electron chi connectivity index (χ1n) is 8.03. The molecule has 0 rings (SSSR count). The lowest BCUT2D eigenvalue weighted by molar-refractivity contribution is -0.157. The van der Waals surface area contributed by atoms with Gasteiger partial charge in [0.25, 0.3) is 0 Å². The van der Waals surface area contributed by atoms with E-state index in [1.54, 1.807) is 27.7 Å². The standard InChI is InChI=1S/C17H26O7.H2O/c1-5-14(18)22-11-17(9-10-21-8-4,12-23-15(19)6-2)13-24-16(20)7-3;/h5-8,11-13H2,1-4H3;1H2. The summed E-state index contributed by atoms with van der Waals surface area (Å²) in [5.41, 5.74) is -1.17. The highest BCUT2D eigenvalue weighted by Gasteiger charge is 2.34. The Bertz CT molecular complexity index is 424. The van der Waals surface area contributed by atoms with Gasteiger partial charge < -0.3 is 24.4 Å². The van der Waals surface area contributed by atoms with Gasteiger partial charge in [-0.15, -0.1) is 0 Å². The van der Waals surface area contributed by atoms with Crippen molar-refractivity contribution in [2.24, 2.45) is 5.41 Å². The van der Waals surface area contributed by atoms with Crippen molar-refractivity contribution in [1.29, 1.82) is 0 Å². The molecule has 2 N–H and O–H groups in total. The van der Waals surface area contributed by atoms with Gasteiger partial charge in [0, 0.05) is 19.3 Å². The highest BCUT2D eigenvalue weighted by Crippen LogP contribution is 2.20. The molecule has 0 aromatic heterocycles. The van der Waals surface area contributed by atoms with Gasteiger partial charge in [-0.05, 0) is 12.8 Å². The average Bonchev–Trinajstić information content (AvgIpc) is 2.61. The number of hydrogen-bond donors (Lipinski definition) is 0. The first kappa shape index (κ1) is 25.0. The number of hydrogen-bond acceptors (Lipinski definition) is 7. The van der Waals surface area contributed by atoms with E-state index < -0.39 is 23.3 Å². The largest absolute Gasteiger partial charge is 0.464 e. The fourth-order valence-electron chi connectivity index (χ4n) is 1.41. The molecular weight excluding hydrogens is 332 g/mol. The zero-order chi connectivity index (χ0) is 18.4. The van der Waals surface area contributed by atoms with Gasteiger partial charge in [0.2, 0.25) is 0 Å². The van der Waals surface area contributed by atoms with Crippen LogP contribution in [0.1, 0.15) is 47.0 Å². The SMILES string of the molecule is CCOC#CC(COC(=O)CC)(COC(=O)CC)COC(=O)CC.O. The van der Waals surface area contributed by atoms with Crippen molar-refractivity contribution in [2.45, 2.75) is 47.0 Å². The van der Waals surface area contributed by atoms with Crippen LogP contribution in [0.2, 0.25) is 0 Å². The Balaban J connectivity index is 0. The van der Waals surface area contributed by atoms with Gasteiger partial charge in [-0.3, -0.25) is 14.4 Å². The molecule has 8 heteroatoms. The van der Waals surface area contributed by atoms with Gasteiger partial charge in [-0.2, -0.15) is 0 Å². The van der Waals surface area contributed by atoms with E-state index in [2.05, 4.69) is 12.0 Å². The van der Waals surface area contributed by atoms with Gasteiger partial charge in [-0.1, -0.05) is 20.8 Å². The predicted molar refractivity (Wildman–Crippen MR) is 89.2 cm³/mol. The van der Waals surface area contributed by atoms with E-state index in [9.17, 15) is 14.4 Å². The Morgan fingerprint density at radius 2 is 1.12 bits per heavy atom. The highest BCUT2D eigenvalue weighted by molar-refractivity contribution is 5.70. The van der Waals surface area contributed by atoms with Crippen LogP contribution in [-0.2, 0) is 33.3 Å². The second-order valence-corrected chi connectivity index (χ2v) is 4.98. The van der Waals surface area contributed by atoms with Gasteiger partial charge >= 0.3 is 17.9 Å². The summed E-state index contributed by atoms with van der Waals surface area (Å²) in [7, 11) is 0. The quantitative estimate of drug-likeness (QED) is 0.324. The molecule has 0 fully saturated rings. The molecular formula is C17H28O8. The van der Waals surface area contributed by atoms with Crippen LogP contribution in [0.5, 0.6) is 0 Å². The lowest BCUT2D eigenvalue weighted by Gasteiger charge is -2.26. The van der Waals surface area contributed by atoms with Gasteiger partial charge in [-0.25, -0.2) is 0 Å². The van der Waals surface area contributed by atoms with Crippen molar-refractivity contribution in [3.05, 3.63) is 0 Å². The lowest BCUT2D eigenvalue weighted by Crippen LogP contribution is -2.38. The van der Waals surface area contributed by atoms with Crippen LogP contribution in [0.25, 0.3) is 0 Å². The fraction of sp³-hybridized carbons (Fsp3) is 0.706. The summed E-state index contributed by atoms with van der Waals surface area (Å²) in [6.07, 6.45) is 3.06. The van der Waals surface area contributed by atoms with Crippen molar-refractivity contribution in [2.75, 3.05) is 26.4 Å². The summed E-state index contributed by atoms with van der Waals surface area (Å²) in [4.78, 5) is 34.4. The number of rotatable bonds is 10. The first-order valence-corrected chi connectivity index (χ1v) is 8.03. The normalized spacial score (nSPS) is 9.76. The van der Waals surface area contributed by atoms with Crippen LogP contribution in [0, 0.1) is 17.4 Å². The van der Waals surface area contributed by atoms with Crippen LogP contribution in [0.4, 0.5) is 0 Å². The molecule has 0 aliphatic rings. The molecule has 0 saturated heterocycles. The van der Waals surface area contributed by atoms with Crippen molar-refractivity contribution < 1.29 is 38.8 Å². The number of ether oxygens (including phenoxy) is 4. The molecule has 0 radical (unpaired) electrons. The van der Waals surface area contributed by atoms with Crippen molar-refractivity contribution in [3.63, 3.8) is 0 Å². The van der Waals surface area contributed by atoms with E-state index in [4.69, 9.17) is 18.9 Å². The molecule has 25 heavy (non-hydrogen) atoms. The van der Waals surface area contributed by atoms with Crippen LogP contribution >= 0.6 is 0 Å². The van der Waals surface area contributed by atoms with Crippen LogP contribution in [0.3, 0.4) is 0 Å². The number of carbonyl (C=O) groups is 3. The minimum absolute atomic E-state index is 0. The summed E-state index contributed by atoms with van der Waals surface area (Å²) in [6.45, 7) is 6.58. The van der Waals surface area contributed by atoms with E-state index in [-0.39, 0.29) is 44.6 Å². The molecule has 0 amide bonds. The first-order chi connectivity index (χ1) is 11.4. The Morgan fingerprint density at radius 1 is 0.760 bits per heavy atom. The third-order valence-corrected chi connectivity index (χ3v) is 2.93. The zero-order valence-corrected chi connectivity index (χ0v) is 15.3. The molecule has 0 aromatic rings. The Labute approximate surface area is 148 Å². The summed E-state index contributed by atoms with van der Waals surface area (Å²) in [6, 6.07) is 0. The topological polar surface area (TPSA) is 120 Å².